The van der Waals surface area contributed by atoms with Gasteiger partial charge in [-0.15, -0.1) is 0 Å². The molecule has 0 radical (unpaired) electrons. The topological polar surface area (TPSA) is 52.9 Å². The normalized spacial score (nSPS) is 10.1. The minimum absolute atomic E-state index is 0.144. The van der Waals surface area contributed by atoms with Crippen molar-refractivity contribution < 1.29 is 4.79 Å². The standard InChI is InChI=1S/C16H30N2O/c1-2-3-4-5-6-7-8-9-10-11-12-13-14-16(19)18-15-17/h2-14H2,1H3,(H,18,19). The summed E-state index contributed by atoms with van der Waals surface area (Å²) < 4.78 is 0. The molecule has 1 N–H and O–H groups in total. The zero-order chi connectivity index (χ0) is 14.2. The summed E-state index contributed by atoms with van der Waals surface area (Å²) >= 11 is 0. The summed E-state index contributed by atoms with van der Waals surface area (Å²) in [7, 11) is 0. The van der Waals surface area contributed by atoms with Gasteiger partial charge in [-0.25, -0.2) is 0 Å². The summed E-state index contributed by atoms with van der Waals surface area (Å²) in [5, 5.41) is 10.4. The van der Waals surface area contributed by atoms with Gasteiger partial charge in [0.05, 0.1) is 0 Å². The fourth-order valence-corrected chi connectivity index (χ4v) is 2.25. The van der Waals surface area contributed by atoms with Crippen LogP contribution in [0.1, 0.15) is 90.4 Å². The molecular weight excluding hydrogens is 236 g/mol. The van der Waals surface area contributed by atoms with Crippen LogP contribution in [0.5, 0.6) is 0 Å². The molecule has 0 saturated carbocycles. The van der Waals surface area contributed by atoms with Crippen LogP contribution in [0.3, 0.4) is 0 Å². The van der Waals surface area contributed by atoms with E-state index in [4.69, 9.17) is 5.26 Å². The molecule has 0 heterocycles. The molecule has 19 heavy (non-hydrogen) atoms. The Labute approximate surface area is 118 Å². The Morgan fingerprint density at radius 3 is 1.68 bits per heavy atom. The molecule has 1 amide bonds. The molecular formula is C16H30N2O. The van der Waals surface area contributed by atoms with Crippen LogP contribution >= 0.6 is 0 Å². The van der Waals surface area contributed by atoms with E-state index in [1.807, 2.05) is 0 Å². The van der Waals surface area contributed by atoms with Crippen LogP contribution in [0.25, 0.3) is 0 Å². The first-order valence-electron chi connectivity index (χ1n) is 7.99. The quantitative estimate of drug-likeness (QED) is 0.299. The van der Waals surface area contributed by atoms with Crippen LogP contribution in [0.15, 0.2) is 0 Å². The lowest BCUT2D eigenvalue weighted by molar-refractivity contribution is -0.120. The molecule has 0 unspecified atom stereocenters. The highest BCUT2D eigenvalue weighted by Gasteiger charge is 1.99. The third kappa shape index (κ3) is 14.9. The minimum Gasteiger partial charge on any atom is -0.274 e. The summed E-state index contributed by atoms with van der Waals surface area (Å²) in [5.41, 5.74) is 0. The third-order valence-electron chi connectivity index (χ3n) is 3.45. The van der Waals surface area contributed by atoms with Gasteiger partial charge >= 0.3 is 0 Å². The van der Waals surface area contributed by atoms with Gasteiger partial charge < -0.3 is 0 Å². The smallest absolute Gasteiger partial charge is 0.232 e. The van der Waals surface area contributed by atoms with Crippen molar-refractivity contribution in [2.45, 2.75) is 90.4 Å². The number of carbonyl (C=O) groups is 1. The van der Waals surface area contributed by atoms with E-state index in [9.17, 15) is 4.79 Å². The SMILES string of the molecule is CCCCCCCCCCCCCCC(=O)NC#N. The van der Waals surface area contributed by atoms with Gasteiger partial charge in [-0.2, -0.15) is 5.26 Å². The number of carbonyl (C=O) groups excluding carboxylic acids is 1. The maximum atomic E-state index is 11.0. The number of rotatable bonds is 13. The van der Waals surface area contributed by atoms with Crippen molar-refractivity contribution in [2.75, 3.05) is 0 Å². The molecule has 0 spiro atoms. The maximum Gasteiger partial charge on any atom is 0.232 e. The molecule has 0 atom stereocenters. The Morgan fingerprint density at radius 2 is 1.26 bits per heavy atom. The molecule has 0 aliphatic rings. The predicted molar refractivity (Wildman–Crippen MR) is 79.5 cm³/mol. The van der Waals surface area contributed by atoms with E-state index in [0.717, 1.165) is 12.8 Å². The van der Waals surface area contributed by atoms with Gasteiger partial charge in [-0.05, 0) is 6.42 Å². The summed E-state index contributed by atoms with van der Waals surface area (Å²) in [4.78, 5) is 11.0. The summed E-state index contributed by atoms with van der Waals surface area (Å²) in [5.74, 6) is -0.144. The van der Waals surface area contributed by atoms with E-state index < -0.39 is 0 Å². The van der Waals surface area contributed by atoms with Crippen molar-refractivity contribution in [3.05, 3.63) is 0 Å². The van der Waals surface area contributed by atoms with Gasteiger partial charge in [0, 0.05) is 6.42 Å². The summed E-state index contributed by atoms with van der Waals surface area (Å²) in [6.07, 6.45) is 17.7. The number of nitrogens with zero attached hydrogens (tertiary/aromatic N) is 1. The van der Waals surface area contributed by atoms with E-state index >= 15 is 0 Å². The van der Waals surface area contributed by atoms with Crippen LogP contribution in [0, 0.1) is 11.5 Å². The molecule has 0 fully saturated rings. The highest BCUT2D eigenvalue weighted by Crippen LogP contribution is 2.12. The van der Waals surface area contributed by atoms with E-state index in [1.165, 1.54) is 64.2 Å². The molecule has 0 aliphatic heterocycles. The van der Waals surface area contributed by atoms with Crippen LogP contribution in [-0.4, -0.2) is 5.91 Å². The Kier molecular flexibility index (Phi) is 14.2. The lowest BCUT2D eigenvalue weighted by Gasteiger charge is -2.02. The fraction of sp³-hybridized carbons (Fsp3) is 0.875. The first-order valence-corrected chi connectivity index (χ1v) is 7.99. The van der Waals surface area contributed by atoms with Crippen LogP contribution in [0.2, 0.25) is 0 Å². The van der Waals surface area contributed by atoms with Crippen molar-refractivity contribution in [3.8, 4) is 6.19 Å². The average molecular weight is 266 g/mol. The Bertz CT molecular complexity index is 246. The highest BCUT2D eigenvalue weighted by atomic mass is 16.1. The number of hydrogen-bond donors (Lipinski definition) is 1. The highest BCUT2D eigenvalue weighted by molar-refractivity contribution is 5.77. The fourth-order valence-electron chi connectivity index (χ4n) is 2.25. The van der Waals surface area contributed by atoms with Gasteiger partial charge in [0.2, 0.25) is 5.91 Å². The molecule has 0 aromatic heterocycles. The molecule has 0 rings (SSSR count). The first kappa shape index (κ1) is 18.0. The van der Waals surface area contributed by atoms with Crippen LogP contribution in [-0.2, 0) is 4.79 Å². The number of amides is 1. The van der Waals surface area contributed by atoms with E-state index in [1.54, 1.807) is 6.19 Å². The number of unbranched alkanes of at least 4 members (excludes halogenated alkanes) is 11. The Hall–Kier alpha value is -1.04. The van der Waals surface area contributed by atoms with Crippen LogP contribution in [0.4, 0.5) is 0 Å². The average Bonchev–Trinajstić information content (AvgIpc) is 2.40. The van der Waals surface area contributed by atoms with E-state index in [2.05, 4.69) is 12.2 Å². The second-order valence-corrected chi connectivity index (χ2v) is 5.30. The van der Waals surface area contributed by atoms with Gasteiger partial charge in [0.15, 0.2) is 6.19 Å². The third-order valence-corrected chi connectivity index (χ3v) is 3.45. The van der Waals surface area contributed by atoms with Gasteiger partial charge in [0.25, 0.3) is 0 Å². The van der Waals surface area contributed by atoms with Gasteiger partial charge in [0.1, 0.15) is 0 Å². The lowest BCUT2D eigenvalue weighted by atomic mass is 10.0. The minimum atomic E-state index is -0.144. The van der Waals surface area contributed by atoms with Crippen molar-refractivity contribution in [3.63, 3.8) is 0 Å². The van der Waals surface area contributed by atoms with E-state index in [0.29, 0.717) is 6.42 Å². The molecule has 0 aliphatic carbocycles. The summed E-state index contributed by atoms with van der Waals surface area (Å²) in [6.45, 7) is 2.25. The van der Waals surface area contributed by atoms with Crippen molar-refractivity contribution in [2.24, 2.45) is 0 Å². The Balaban J connectivity index is 3.03. The van der Waals surface area contributed by atoms with Crippen LogP contribution < -0.4 is 5.32 Å². The summed E-state index contributed by atoms with van der Waals surface area (Å²) in [6, 6.07) is 0. The molecule has 0 aromatic rings. The zero-order valence-electron chi connectivity index (χ0n) is 12.5. The first-order chi connectivity index (χ1) is 9.31. The largest absolute Gasteiger partial charge is 0.274 e. The second kappa shape index (κ2) is 15.0. The number of hydrogen-bond acceptors (Lipinski definition) is 2. The zero-order valence-corrected chi connectivity index (χ0v) is 12.5. The van der Waals surface area contributed by atoms with Crippen molar-refractivity contribution >= 4 is 5.91 Å². The van der Waals surface area contributed by atoms with Crippen molar-refractivity contribution in [1.29, 1.82) is 5.26 Å². The lowest BCUT2D eigenvalue weighted by Crippen LogP contribution is -2.16. The monoisotopic (exact) mass is 266 g/mol. The maximum absolute atomic E-state index is 11.0. The number of nitrogens with one attached hydrogen (secondary N) is 1. The second-order valence-electron chi connectivity index (χ2n) is 5.30. The molecule has 3 nitrogen and oxygen atoms in total. The van der Waals surface area contributed by atoms with Gasteiger partial charge in [-0.1, -0.05) is 77.6 Å². The number of nitriles is 1. The molecule has 3 heteroatoms. The molecule has 0 saturated heterocycles. The van der Waals surface area contributed by atoms with Gasteiger partial charge in [-0.3, -0.25) is 10.1 Å². The van der Waals surface area contributed by atoms with Crippen molar-refractivity contribution in [1.82, 2.24) is 5.32 Å². The Morgan fingerprint density at radius 1 is 0.842 bits per heavy atom. The molecule has 110 valence electrons. The molecule has 0 aromatic carbocycles. The predicted octanol–water partition coefficient (Wildman–Crippen LogP) is 4.67. The molecule has 0 bridgehead atoms. The van der Waals surface area contributed by atoms with E-state index in [-0.39, 0.29) is 5.91 Å².